The summed E-state index contributed by atoms with van der Waals surface area (Å²) in [6.45, 7) is 1.27. The molecule has 1 aromatic rings. The Kier molecular flexibility index (Phi) is 3.99. The first kappa shape index (κ1) is 15.4. The van der Waals surface area contributed by atoms with Crippen molar-refractivity contribution in [1.29, 1.82) is 0 Å². The number of hydrogen-bond acceptors (Lipinski definition) is 6. The zero-order valence-electron chi connectivity index (χ0n) is 11.8. The zero-order chi connectivity index (χ0) is 15.8. The van der Waals surface area contributed by atoms with Gasteiger partial charge in [-0.15, -0.1) is 0 Å². The molecule has 0 N–H and O–H groups in total. The third-order valence-corrected chi connectivity index (χ3v) is 5.47. The number of ketones is 1. The Hall–Kier alpha value is -1.96. The first-order chi connectivity index (χ1) is 9.71. The minimum Gasteiger partial charge on any atom is -0.371 e. The lowest BCUT2D eigenvalue weighted by Gasteiger charge is -2.25. The van der Waals surface area contributed by atoms with Crippen LogP contribution in [0.3, 0.4) is 0 Å². The van der Waals surface area contributed by atoms with Gasteiger partial charge in [0.2, 0.25) is 0 Å². The van der Waals surface area contributed by atoms with Gasteiger partial charge in [0, 0.05) is 24.8 Å². The lowest BCUT2D eigenvalue weighted by Crippen LogP contribution is -2.32. The fourth-order valence-corrected chi connectivity index (χ4v) is 4.25. The molecule has 114 valence electrons. The molecule has 1 unspecified atom stereocenters. The Morgan fingerprint density at radius 3 is 2.57 bits per heavy atom. The van der Waals surface area contributed by atoms with Crippen LogP contribution in [0.25, 0.3) is 0 Å². The molecule has 0 radical (unpaired) electrons. The van der Waals surface area contributed by atoms with E-state index >= 15 is 0 Å². The van der Waals surface area contributed by atoms with E-state index in [1.54, 1.807) is 11.9 Å². The average Bonchev–Trinajstić information content (AvgIpc) is 2.77. The summed E-state index contributed by atoms with van der Waals surface area (Å²) in [4.78, 5) is 23.6. The summed E-state index contributed by atoms with van der Waals surface area (Å²) >= 11 is 0. The minimum absolute atomic E-state index is 0.0326. The SMILES string of the molecule is CC(=O)c1cc(N(C)C2CCS(=O)(=O)C2)ccc1[N+](=O)[O-]. The first-order valence-corrected chi connectivity index (χ1v) is 8.26. The lowest BCUT2D eigenvalue weighted by molar-refractivity contribution is -0.385. The van der Waals surface area contributed by atoms with Crippen LogP contribution in [0.1, 0.15) is 23.7 Å². The second kappa shape index (κ2) is 5.44. The molecule has 1 atom stereocenters. The third-order valence-electron chi connectivity index (χ3n) is 3.72. The molecule has 1 fully saturated rings. The Balaban J connectivity index is 2.35. The molecule has 2 rings (SSSR count). The molecule has 21 heavy (non-hydrogen) atoms. The highest BCUT2D eigenvalue weighted by molar-refractivity contribution is 7.91. The highest BCUT2D eigenvalue weighted by Gasteiger charge is 2.31. The fraction of sp³-hybridized carbons (Fsp3) is 0.462. The van der Waals surface area contributed by atoms with Gasteiger partial charge in [0.15, 0.2) is 15.6 Å². The second-order valence-corrected chi connectivity index (χ2v) is 7.41. The van der Waals surface area contributed by atoms with Crippen molar-refractivity contribution in [2.24, 2.45) is 0 Å². The van der Waals surface area contributed by atoms with Gasteiger partial charge in [-0.25, -0.2) is 8.42 Å². The molecule has 0 aliphatic carbocycles. The maximum absolute atomic E-state index is 11.6. The van der Waals surface area contributed by atoms with Crippen LogP contribution in [0.5, 0.6) is 0 Å². The van der Waals surface area contributed by atoms with Crippen LogP contribution in [-0.2, 0) is 9.84 Å². The van der Waals surface area contributed by atoms with Crippen molar-refractivity contribution in [1.82, 2.24) is 0 Å². The van der Waals surface area contributed by atoms with Crippen molar-refractivity contribution in [2.45, 2.75) is 19.4 Å². The van der Waals surface area contributed by atoms with Crippen molar-refractivity contribution in [2.75, 3.05) is 23.5 Å². The second-order valence-electron chi connectivity index (χ2n) is 5.18. The van der Waals surface area contributed by atoms with Crippen molar-refractivity contribution in [3.8, 4) is 0 Å². The summed E-state index contributed by atoms with van der Waals surface area (Å²) in [7, 11) is -1.28. The van der Waals surface area contributed by atoms with Gasteiger partial charge in [0.05, 0.1) is 22.0 Å². The summed E-state index contributed by atoms with van der Waals surface area (Å²) in [5.41, 5.74) is 0.400. The predicted octanol–water partition coefficient (Wildman–Crippen LogP) is 1.42. The van der Waals surface area contributed by atoms with Gasteiger partial charge in [-0.2, -0.15) is 0 Å². The molecule has 7 nitrogen and oxygen atoms in total. The van der Waals surface area contributed by atoms with Crippen LogP contribution in [0.2, 0.25) is 0 Å². The fourth-order valence-electron chi connectivity index (χ4n) is 2.48. The largest absolute Gasteiger partial charge is 0.371 e. The number of sulfone groups is 1. The highest BCUT2D eigenvalue weighted by atomic mass is 32.2. The molecule has 0 aromatic heterocycles. The Morgan fingerprint density at radius 2 is 2.10 bits per heavy atom. The van der Waals surface area contributed by atoms with Gasteiger partial charge in [-0.3, -0.25) is 14.9 Å². The van der Waals surface area contributed by atoms with E-state index in [2.05, 4.69) is 0 Å². The van der Waals surface area contributed by atoms with Crippen LogP contribution in [0, 0.1) is 10.1 Å². The third kappa shape index (κ3) is 3.21. The molecule has 1 aliphatic rings. The van der Waals surface area contributed by atoms with Gasteiger partial charge >= 0.3 is 0 Å². The summed E-state index contributed by atoms with van der Waals surface area (Å²) in [5.74, 6) is -0.180. The number of benzene rings is 1. The molecule has 1 saturated heterocycles. The van der Waals surface area contributed by atoms with E-state index in [0.29, 0.717) is 12.1 Å². The van der Waals surface area contributed by atoms with Crippen molar-refractivity contribution < 1.29 is 18.1 Å². The molecule has 1 aliphatic heterocycles. The maximum atomic E-state index is 11.6. The molecule has 0 amide bonds. The van der Waals surface area contributed by atoms with E-state index in [0.717, 1.165) is 0 Å². The van der Waals surface area contributed by atoms with E-state index in [1.165, 1.54) is 25.1 Å². The van der Waals surface area contributed by atoms with Crippen LogP contribution in [-0.4, -0.2) is 43.7 Å². The number of nitro groups is 1. The standard InChI is InChI=1S/C13H16N2O5S/c1-9(16)12-7-10(3-4-13(12)15(17)18)14(2)11-5-6-21(19,20)8-11/h3-4,7,11H,5-6,8H2,1-2H3. The van der Waals surface area contributed by atoms with E-state index in [9.17, 15) is 23.3 Å². The molecule has 0 spiro atoms. The van der Waals surface area contributed by atoms with Gasteiger partial charge < -0.3 is 4.90 Å². The number of nitrogens with zero attached hydrogens (tertiary/aromatic N) is 2. The average molecular weight is 312 g/mol. The summed E-state index contributed by atoms with van der Waals surface area (Å²) in [6.07, 6.45) is 0.519. The number of carbonyl (C=O) groups excluding carboxylic acids is 1. The summed E-state index contributed by atoms with van der Waals surface area (Å²) < 4.78 is 23.1. The van der Waals surface area contributed by atoms with Crippen LogP contribution in [0.15, 0.2) is 18.2 Å². The normalized spacial score (nSPS) is 20.2. The number of Topliss-reactive ketones (excluding diaryl/α,β-unsaturated/α-hetero) is 1. The van der Waals surface area contributed by atoms with Crippen molar-refractivity contribution >= 4 is 27.0 Å². The van der Waals surface area contributed by atoms with Crippen LogP contribution in [0.4, 0.5) is 11.4 Å². The minimum atomic E-state index is -3.01. The molecule has 1 heterocycles. The lowest BCUT2D eigenvalue weighted by atomic mass is 10.1. The first-order valence-electron chi connectivity index (χ1n) is 6.44. The molecule has 0 bridgehead atoms. The number of carbonyl (C=O) groups is 1. The monoisotopic (exact) mass is 312 g/mol. The van der Waals surface area contributed by atoms with Gasteiger partial charge in [-0.1, -0.05) is 0 Å². The smallest absolute Gasteiger partial charge is 0.280 e. The predicted molar refractivity (Wildman–Crippen MR) is 78.6 cm³/mol. The number of nitro benzene ring substituents is 1. The summed E-state index contributed by atoms with van der Waals surface area (Å²) in [6, 6.07) is 4.10. The van der Waals surface area contributed by atoms with Gasteiger partial charge in [0.1, 0.15) is 0 Å². The quantitative estimate of drug-likeness (QED) is 0.474. The molecule has 8 heteroatoms. The maximum Gasteiger partial charge on any atom is 0.280 e. The van der Waals surface area contributed by atoms with Crippen molar-refractivity contribution in [3.05, 3.63) is 33.9 Å². The molecular formula is C13H16N2O5S. The Labute approximate surface area is 122 Å². The van der Waals surface area contributed by atoms with Gasteiger partial charge in [0.25, 0.3) is 5.69 Å². The van der Waals surface area contributed by atoms with E-state index in [1.807, 2.05) is 0 Å². The van der Waals surface area contributed by atoms with E-state index in [-0.39, 0.29) is 28.8 Å². The molecule has 1 aromatic carbocycles. The number of hydrogen-bond donors (Lipinski definition) is 0. The van der Waals surface area contributed by atoms with E-state index < -0.39 is 20.5 Å². The van der Waals surface area contributed by atoms with Crippen LogP contribution < -0.4 is 4.90 Å². The molecular weight excluding hydrogens is 296 g/mol. The number of anilines is 1. The van der Waals surface area contributed by atoms with Crippen molar-refractivity contribution in [3.63, 3.8) is 0 Å². The topological polar surface area (TPSA) is 97.6 Å². The number of rotatable bonds is 4. The Bertz CT molecular complexity index is 699. The van der Waals surface area contributed by atoms with Crippen LogP contribution >= 0.6 is 0 Å². The van der Waals surface area contributed by atoms with E-state index in [4.69, 9.17) is 0 Å². The van der Waals surface area contributed by atoms with Gasteiger partial charge in [-0.05, 0) is 25.5 Å². The molecule has 0 saturated carbocycles. The Morgan fingerprint density at radius 1 is 1.43 bits per heavy atom. The zero-order valence-corrected chi connectivity index (χ0v) is 12.6. The summed E-state index contributed by atoms with van der Waals surface area (Å²) in [5, 5.41) is 10.9. The highest BCUT2D eigenvalue weighted by Crippen LogP contribution is 2.28.